The van der Waals surface area contributed by atoms with E-state index < -0.39 is 42.5 Å². The number of nitrogens with one attached hydrogen (secondary N) is 2. The number of rotatable bonds is 6. The number of carboxylic acids is 1. The van der Waals surface area contributed by atoms with Crippen LogP contribution in [0.2, 0.25) is 0 Å². The van der Waals surface area contributed by atoms with Crippen LogP contribution in [0, 0.1) is 11.8 Å². The number of carboxylic acid groups (broad SMARTS) is 1. The Kier molecular flexibility index (Phi) is 6.78. The largest absolute Gasteiger partial charge is 0.481 e. The number of urea groups is 1. The van der Waals surface area contributed by atoms with E-state index in [4.69, 9.17) is 5.11 Å². The summed E-state index contributed by atoms with van der Waals surface area (Å²) in [6.45, 7) is -0.602. The topological polar surface area (TPSA) is 98.7 Å². The van der Waals surface area contributed by atoms with E-state index in [1.54, 1.807) is 24.3 Å². The van der Waals surface area contributed by atoms with E-state index in [-0.39, 0.29) is 26.1 Å². The van der Waals surface area contributed by atoms with Gasteiger partial charge in [0.2, 0.25) is 5.91 Å². The van der Waals surface area contributed by atoms with Crippen LogP contribution in [0.3, 0.4) is 0 Å². The molecule has 7 nitrogen and oxygen atoms in total. The molecule has 148 valence electrons. The summed E-state index contributed by atoms with van der Waals surface area (Å²) < 4.78 is 38.8. The van der Waals surface area contributed by atoms with Gasteiger partial charge in [-0.1, -0.05) is 30.3 Å². The van der Waals surface area contributed by atoms with E-state index in [9.17, 15) is 27.6 Å². The predicted octanol–water partition coefficient (Wildman–Crippen LogP) is 1.60. The number of aliphatic carboxylic acids is 1. The molecule has 3 N–H and O–H groups in total. The molecule has 3 amide bonds. The minimum atomic E-state index is -4.61. The van der Waals surface area contributed by atoms with Gasteiger partial charge >= 0.3 is 18.2 Å². The van der Waals surface area contributed by atoms with Gasteiger partial charge in [0.1, 0.15) is 0 Å². The van der Waals surface area contributed by atoms with Crippen LogP contribution in [0.5, 0.6) is 0 Å². The molecule has 0 aromatic heterocycles. The fourth-order valence-electron chi connectivity index (χ4n) is 2.92. The molecule has 0 saturated carbocycles. The number of benzene rings is 1. The van der Waals surface area contributed by atoms with Crippen molar-refractivity contribution in [3.05, 3.63) is 35.9 Å². The number of carbonyl (C=O) groups is 3. The molecular weight excluding hydrogens is 367 g/mol. The van der Waals surface area contributed by atoms with Crippen molar-refractivity contribution in [1.29, 1.82) is 0 Å². The number of amides is 3. The zero-order valence-corrected chi connectivity index (χ0v) is 14.3. The summed E-state index contributed by atoms with van der Waals surface area (Å²) in [5.74, 6) is -5.68. The third-order valence-corrected chi connectivity index (χ3v) is 4.34. The molecule has 1 saturated heterocycles. The second kappa shape index (κ2) is 8.85. The van der Waals surface area contributed by atoms with Crippen LogP contribution < -0.4 is 10.6 Å². The Morgan fingerprint density at radius 2 is 1.81 bits per heavy atom. The first-order chi connectivity index (χ1) is 12.7. The van der Waals surface area contributed by atoms with Gasteiger partial charge in [-0.05, 0) is 5.56 Å². The Hall–Kier alpha value is -2.62. The predicted molar refractivity (Wildman–Crippen MR) is 88.5 cm³/mol. The van der Waals surface area contributed by atoms with E-state index >= 15 is 0 Å². The maximum Gasteiger partial charge on any atom is 0.393 e. The van der Waals surface area contributed by atoms with Gasteiger partial charge in [-0.15, -0.1) is 0 Å². The van der Waals surface area contributed by atoms with Crippen LogP contribution in [0.15, 0.2) is 30.3 Å². The molecule has 1 fully saturated rings. The highest BCUT2D eigenvalue weighted by Crippen LogP contribution is 2.37. The summed E-state index contributed by atoms with van der Waals surface area (Å²) in [4.78, 5) is 35.7. The van der Waals surface area contributed by atoms with Gasteiger partial charge in [0, 0.05) is 32.6 Å². The maximum atomic E-state index is 12.9. The number of nitrogens with zero attached hydrogens (tertiary/aromatic N) is 1. The smallest absolute Gasteiger partial charge is 0.393 e. The number of hydrogen-bond acceptors (Lipinski definition) is 4. The fourth-order valence-corrected chi connectivity index (χ4v) is 2.92. The Balaban J connectivity index is 1.75. The molecule has 2 atom stereocenters. The number of hydrogen-bond donors (Lipinski definition) is 3. The summed E-state index contributed by atoms with van der Waals surface area (Å²) in [6.07, 6.45) is -4.83. The number of carbonyl (C=O) groups excluding carboxylic acids is 2. The summed E-state index contributed by atoms with van der Waals surface area (Å²) >= 11 is 0. The monoisotopic (exact) mass is 387 g/mol. The molecule has 1 aromatic rings. The Morgan fingerprint density at radius 3 is 2.37 bits per heavy atom. The van der Waals surface area contributed by atoms with Gasteiger partial charge in [-0.3, -0.25) is 14.9 Å². The van der Waals surface area contributed by atoms with Gasteiger partial charge in [-0.2, -0.15) is 13.2 Å². The second-order valence-corrected chi connectivity index (χ2v) is 6.32. The van der Waals surface area contributed by atoms with Gasteiger partial charge in [-0.25, -0.2) is 4.79 Å². The molecule has 0 bridgehead atoms. The lowest BCUT2D eigenvalue weighted by Crippen LogP contribution is -2.40. The van der Waals surface area contributed by atoms with Crippen LogP contribution in [0.1, 0.15) is 12.0 Å². The summed E-state index contributed by atoms with van der Waals surface area (Å²) in [6, 6.07) is 8.31. The standard InChI is InChI=1S/C17H20F3N3O4/c18-17(19,20)13-10-23(9-12(13)15(25)26)7-6-14(24)22-16(27)21-8-11-4-2-1-3-5-11/h1-5,12-13H,6-10H2,(H,25,26)(H2,21,22,24,27)/t12-,13-/m1/s1. The van der Waals surface area contributed by atoms with Crippen molar-refractivity contribution in [1.82, 2.24) is 15.5 Å². The molecule has 0 unspecified atom stereocenters. The van der Waals surface area contributed by atoms with Crippen LogP contribution in [0.4, 0.5) is 18.0 Å². The molecule has 0 spiro atoms. The minimum absolute atomic E-state index is 0.0614. The highest BCUT2D eigenvalue weighted by Gasteiger charge is 2.52. The molecule has 1 heterocycles. The lowest BCUT2D eigenvalue weighted by molar-refractivity contribution is -0.188. The fraction of sp³-hybridized carbons (Fsp3) is 0.471. The summed E-state index contributed by atoms with van der Waals surface area (Å²) in [7, 11) is 0. The minimum Gasteiger partial charge on any atom is -0.481 e. The zero-order chi connectivity index (χ0) is 20.0. The molecule has 10 heteroatoms. The van der Waals surface area contributed by atoms with Crippen molar-refractivity contribution < 1.29 is 32.7 Å². The van der Waals surface area contributed by atoms with Crippen LogP contribution in [0.25, 0.3) is 0 Å². The van der Waals surface area contributed by atoms with Crippen molar-refractivity contribution in [3.8, 4) is 0 Å². The molecule has 1 aliphatic heterocycles. The number of imide groups is 1. The maximum absolute atomic E-state index is 12.9. The average Bonchev–Trinajstić information content (AvgIpc) is 3.04. The van der Waals surface area contributed by atoms with E-state index in [1.807, 2.05) is 6.07 Å². The Bertz CT molecular complexity index is 682. The molecule has 27 heavy (non-hydrogen) atoms. The average molecular weight is 387 g/mol. The van der Waals surface area contributed by atoms with Crippen molar-refractivity contribution in [2.24, 2.45) is 11.8 Å². The molecule has 1 aromatic carbocycles. The quantitative estimate of drug-likeness (QED) is 0.689. The van der Waals surface area contributed by atoms with E-state index in [2.05, 4.69) is 10.6 Å². The zero-order valence-electron chi connectivity index (χ0n) is 14.3. The first-order valence-electron chi connectivity index (χ1n) is 8.30. The van der Waals surface area contributed by atoms with E-state index in [0.29, 0.717) is 0 Å². The first-order valence-corrected chi connectivity index (χ1v) is 8.30. The number of likely N-dealkylation sites (tertiary alicyclic amines) is 1. The van der Waals surface area contributed by atoms with Crippen LogP contribution >= 0.6 is 0 Å². The normalized spacial score (nSPS) is 20.3. The number of halogens is 3. The van der Waals surface area contributed by atoms with E-state index in [1.165, 1.54) is 4.90 Å². The van der Waals surface area contributed by atoms with Crippen molar-refractivity contribution in [3.63, 3.8) is 0 Å². The third-order valence-electron chi connectivity index (χ3n) is 4.34. The van der Waals surface area contributed by atoms with Crippen LogP contribution in [-0.4, -0.2) is 53.7 Å². The lowest BCUT2D eigenvalue weighted by atomic mass is 9.96. The summed E-state index contributed by atoms with van der Waals surface area (Å²) in [5, 5.41) is 13.5. The van der Waals surface area contributed by atoms with Crippen LogP contribution in [-0.2, 0) is 16.1 Å². The highest BCUT2D eigenvalue weighted by atomic mass is 19.4. The Morgan fingerprint density at radius 1 is 1.15 bits per heavy atom. The third kappa shape index (κ3) is 6.24. The Labute approximate surface area is 153 Å². The summed E-state index contributed by atoms with van der Waals surface area (Å²) in [5.41, 5.74) is 0.843. The van der Waals surface area contributed by atoms with Gasteiger partial charge in [0.15, 0.2) is 0 Å². The SMILES string of the molecule is O=C(CCN1C[C@@H](C(F)(F)F)[C@H](C(=O)O)C1)NC(=O)NCc1ccccc1. The number of alkyl halides is 3. The van der Waals surface area contributed by atoms with Gasteiger partial charge in [0.25, 0.3) is 0 Å². The molecule has 0 aliphatic carbocycles. The lowest BCUT2D eigenvalue weighted by Gasteiger charge is -2.18. The van der Waals surface area contributed by atoms with Gasteiger partial charge in [0.05, 0.1) is 11.8 Å². The van der Waals surface area contributed by atoms with E-state index in [0.717, 1.165) is 5.56 Å². The first kappa shape index (κ1) is 20.7. The van der Waals surface area contributed by atoms with Crippen molar-refractivity contribution in [2.75, 3.05) is 19.6 Å². The van der Waals surface area contributed by atoms with Gasteiger partial charge < -0.3 is 15.3 Å². The molecule has 1 aliphatic rings. The van der Waals surface area contributed by atoms with Crippen molar-refractivity contribution in [2.45, 2.75) is 19.1 Å². The molecular formula is C17H20F3N3O4. The highest BCUT2D eigenvalue weighted by molar-refractivity contribution is 5.94. The second-order valence-electron chi connectivity index (χ2n) is 6.32. The van der Waals surface area contributed by atoms with Crippen molar-refractivity contribution >= 4 is 17.9 Å². The molecule has 0 radical (unpaired) electrons. The molecule has 2 rings (SSSR count).